The highest BCUT2D eigenvalue weighted by Gasteiger charge is 1.98. The molecule has 0 aliphatic rings. The van der Waals surface area contributed by atoms with Crippen LogP contribution in [0, 0.1) is 0 Å². The van der Waals surface area contributed by atoms with Crippen molar-refractivity contribution in [1.29, 1.82) is 0 Å². The molecule has 0 aliphatic carbocycles. The molecule has 0 unspecified atom stereocenters. The fourth-order valence-corrected chi connectivity index (χ4v) is 2.05. The van der Waals surface area contributed by atoms with Crippen LogP contribution in [0.25, 0.3) is 10.8 Å². The molecule has 0 aromatic heterocycles. The average molecular weight is 223 g/mol. The van der Waals surface area contributed by atoms with Gasteiger partial charge < -0.3 is 0 Å². The Morgan fingerprint density at radius 3 is 2.76 bits per heavy atom. The van der Waals surface area contributed by atoms with E-state index in [-0.39, 0.29) is 0 Å². The van der Waals surface area contributed by atoms with Gasteiger partial charge in [-0.05, 0) is 41.7 Å². The summed E-state index contributed by atoms with van der Waals surface area (Å²) in [6.45, 7) is 0. The van der Waals surface area contributed by atoms with Gasteiger partial charge in [0.2, 0.25) is 6.29 Å². The van der Waals surface area contributed by atoms with Crippen LogP contribution in [-0.4, -0.2) is 6.29 Å². The SMILES string of the molecule is O=[C]C=CCCCc1cccc2ccccc12. The fraction of sp³-hybridized carbons (Fsp3) is 0.188. The lowest BCUT2D eigenvalue weighted by Gasteiger charge is -2.05. The van der Waals surface area contributed by atoms with Crippen molar-refractivity contribution in [2.75, 3.05) is 0 Å². The highest BCUT2D eigenvalue weighted by atomic mass is 16.1. The maximum Gasteiger partial charge on any atom is 0.225 e. The molecule has 85 valence electrons. The van der Waals surface area contributed by atoms with Crippen molar-refractivity contribution in [3.63, 3.8) is 0 Å². The van der Waals surface area contributed by atoms with Crippen LogP contribution in [0.3, 0.4) is 0 Å². The Balaban J connectivity index is 2.08. The Kier molecular flexibility index (Phi) is 4.09. The van der Waals surface area contributed by atoms with Gasteiger partial charge in [0.25, 0.3) is 0 Å². The Hall–Kier alpha value is -1.89. The first-order valence-electron chi connectivity index (χ1n) is 5.91. The molecule has 0 saturated heterocycles. The van der Waals surface area contributed by atoms with Crippen LogP contribution in [-0.2, 0) is 11.2 Å². The maximum absolute atomic E-state index is 10.0. The number of carbonyl (C=O) groups excluding carboxylic acids is 1. The minimum absolute atomic E-state index is 0.929. The van der Waals surface area contributed by atoms with Crippen molar-refractivity contribution in [2.24, 2.45) is 0 Å². The summed E-state index contributed by atoms with van der Waals surface area (Å²) in [6.07, 6.45) is 8.12. The molecule has 2 aromatic carbocycles. The number of hydrogen-bond donors (Lipinski definition) is 0. The van der Waals surface area contributed by atoms with E-state index in [1.54, 1.807) is 6.29 Å². The molecule has 1 radical (unpaired) electrons. The molecule has 0 saturated carbocycles. The van der Waals surface area contributed by atoms with Gasteiger partial charge in [-0.1, -0.05) is 48.5 Å². The highest BCUT2D eigenvalue weighted by molar-refractivity contribution is 5.85. The first kappa shape index (κ1) is 11.6. The largest absolute Gasteiger partial charge is 0.286 e. The number of unbranched alkanes of at least 4 members (excludes halogenated alkanes) is 1. The molecule has 0 amide bonds. The summed E-state index contributed by atoms with van der Waals surface area (Å²) in [5.41, 5.74) is 1.38. The van der Waals surface area contributed by atoms with E-state index in [0.29, 0.717) is 0 Å². The van der Waals surface area contributed by atoms with Gasteiger partial charge in [-0.25, -0.2) is 0 Å². The van der Waals surface area contributed by atoms with Gasteiger partial charge >= 0.3 is 0 Å². The van der Waals surface area contributed by atoms with Crippen LogP contribution in [0.15, 0.2) is 54.6 Å². The first-order chi connectivity index (χ1) is 8.42. The zero-order chi connectivity index (χ0) is 11.9. The van der Waals surface area contributed by atoms with Crippen molar-refractivity contribution >= 4 is 17.1 Å². The second-order valence-electron chi connectivity index (χ2n) is 4.05. The van der Waals surface area contributed by atoms with Crippen LogP contribution in [0.2, 0.25) is 0 Å². The second-order valence-corrected chi connectivity index (χ2v) is 4.05. The van der Waals surface area contributed by atoms with E-state index >= 15 is 0 Å². The summed E-state index contributed by atoms with van der Waals surface area (Å²) in [6, 6.07) is 14.9. The molecule has 0 heterocycles. The molecule has 1 nitrogen and oxygen atoms in total. The van der Waals surface area contributed by atoms with E-state index in [1.165, 1.54) is 22.4 Å². The van der Waals surface area contributed by atoms with E-state index < -0.39 is 0 Å². The number of aryl methyl sites for hydroxylation is 1. The lowest BCUT2D eigenvalue weighted by Crippen LogP contribution is -1.86. The highest BCUT2D eigenvalue weighted by Crippen LogP contribution is 2.20. The number of rotatable bonds is 5. The summed E-state index contributed by atoms with van der Waals surface area (Å²) in [4.78, 5) is 10.0. The Bertz CT molecular complexity index is 521. The molecule has 2 aromatic rings. The van der Waals surface area contributed by atoms with E-state index in [1.807, 2.05) is 6.08 Å². The molecule has 0 N–H and O–H groups in total. The molecular formula is C16H15O. The monoisotopic (exact) mass is 223 g/mol. The Morgan fingerprint density at radius 1 is 1.06 bits per heavy atom. The summed E-state index contributed by atoms with van der Waals surface area (Å²) in [5.74, 6) is 0. The molecule has 0 atom stereocenters. The fourth-order valence-electron chi connectivity index (χ4n) is 2.05. The smallest absolute Gasteiger partial charge is 0.225 e. The van der Waals surface area contributed by atoms with E-state index in [0.717, 1.165) is 19.3 Å². The van der Waals surface area contributed by atoms with Gasteiger partial charge in [0.05, 0.1) is 0 Å². The number of fused-ring (bicyclic) bond motifs is 1. The van der Waals surface area contributed by atoms with Crippen LogP contribution in [0.4, 0.5) is 0 Å². The van der Waals surface area contributed by atoms with E-state index in [9.17, 15) is 4.79 Å². The first-order valence-corrected chi connectivity index (χ1v) is 5.91. The lowest BCUT2D eigenvalue weighted by atomic mass is 10.0. The standard InChI is InChI=1S/C16H15O/c17-13-6-2-1-3-8-14-10-7-11-15-9-4-5-12-16(14)15/h2,4-7,9-12H,1,3,8H2. The van der Waals surface area contributed by atoms with Gasteiger partial charge in [-0.3, -0.25) is 4.79 Å². The number of allylic oxidation sites excluding steroid dienone is 2. The third-order valence-corrected chi connectivity index (χ3v) is 2.88. The number of hydrogen-bond acceptors (Lipinski definition) is 1. The maximum atomic E-state index is 10.0. The van der Waals surface area contributed by atoms with Gasteiger partial charge in [-0.2, -0.15) is 0 Å². The van der Waals surface area contributed by atoms with Crippen LogP contribution in [0.1, 0.15) is 18.4 Å². The Morgan fingerprint density at radius 2 is 1.88 bits per heavy atom. The van der Waals surface area contributed by atoms with Crippen molar-refractivity contribution in [2.45, 2.75) is 19.3 Å². The molecule has 0 spiro atoms. The van der Waals surface area contributed by atoms with Gasteiger partial charge in [-0.15, -0.1) is 0 Å². The summed E-state index contributed by atoms with van der Waals surface area (Å²) < 4.78 is 0. The molecule has 17 heavy (non-hydrogen) atoms. The van der Waals surface area contributed by atoms with Crippen molar-refractivity contribution in [1.82, 2.24) is 0 Å². The summed E-state index contributed by atoms with van der Waals surface area (Å²) in [5, 5.41) is 2.63. The molecule has 1 heteroatoms. The summed E-state index contributed by atoms with van der Waals surface area (Å²) >= 11 is 0. The van der Waals surface area contributed by atoms with Crippen LogP contribution >= 0.6 is 0 Å². The third kappa shape index (κ3) is 3.04. The van der Waals surface area contributed by atoms with Gasteiger partial charge in [0.1, 0.15) is 0 Å². The molecule has 2 rings (SSSR count). The summed E-state index contributed by atoms with van der Waals surface area (Å²) in [7, 11) is 0. The van der Waals surface area contributed by atoms with Crippen molar-refractivity contribution < 1.29 is 4.79 Å². The van der Waals surface area contributed by atoms with Crippen molar-refractivity contribution in [3.05, 3.63) is 60.2 Å². The van der Waals surface area contributed by atoms with Crippen LogP contribution < -0.4 is 0 Å². The van der Waals surface area contributed by atoms with Gasteiger partial charge in [0, 0.05) is 0 Å². The molecular weight excluding hydrogens is 208 g/mol. The minimum atomic E-state index is 0.929. The second kappa shape index (κ2) is 6.00. The third-order valence-electron chi connectivity index (χ3n) is 2.88. The Labute approximate surface area is 102 Å². The molecule has 0 fully saturated rings. The molecule has 0 aliphatic heterocycles. The number of benzene rings is 2. The average Bonchev–Trinajstić information content (AvgIpc) is 2.39. The van der Waals surface area contributed by atoms with Gasteiger partial charge in [0.15, 0.2) is 0 Å². The predicted molar refractivity (Wildman–Crippen MR) is 71.7 cm³/mol. The predicted octanol–water partition coefficient (Wildman–Crippen LogP) is 3.83. The van der Waals surface area contributed by atoms with E-state index in [2.05, 4.69) is 42.5 Å². The zero-order valence-electron chi connectivity index (χ0n) is 9.73. The zero-order valence-corrected chi connectivity index (χ0v) is 9.73. The minimum Gasteiger partial charge on any atom is -0.286 e. The normalized spacial score (nSPS) is 11.1. The topological polar surface area (TPSA) is 17.1 Å². The van der Waals surface area contributed by atoms with E-state index in [4.69, 9.17) is 0 Å². The quantitative estimate of drug-likeness (QED) is 0.556. The molecule has 0 bridgehead atoms. The lowest BCUT2D eigenvalue weighted by molar-refractivity contribution is 0.564. The van der Waals surface area contributed by atoms with Crippen LogP contribution in [0.5, 0.6) is 0 Å². The van der Waals surface area contributed by atoms with Crippen molar-refractivity contribution in [3.8, 4) is 0 Å².